The highest BCUT2D eigenvalue weighted by molar-refractivity contribution is 8.04. The first kappa shape index (κ1) is 24.6. The minimum atomic E-state index is -3.33. The second kappa shape index (κ2) is 8.61. The van der Waals surface area contributed by atoms with Crippen molar-refractivity contribution in [3.63, 3.8) is 0 Å². The minimum Gasteiger partial charge on any atom is -0.480 e. The van der Waals surface area contributed by atoms with E-state index in [0.29, 0.717) is 13.0 Å². The standard InChI is InChI=1S/C21H26FN7O5S/c1-20(2)18(28-19(31)32)29-21(3,13-7-8-25-35(13,20)33)16-11(22)5-6-14(26-16)27-17(30)12-9-24-15(34-4)10-23-12/h5-6,9-10,13,35H,7-8H2,1-4H3,(H,25,33)(H,28,29)(H,31,32)(H,26,27,30)/t13-,21-/m0/s1. The number of hydrogen-bond acceptors (Lipinski definition) is 8. The molecule has 0 radical (unpaired) electrons. The molecular formula is C21H26FN7O5S. The van der Waals surface area contributed by atoms with Crippen LogP contribution in [0.5, 0.6) is 5.88 Å². The molecule has 0 spiro atoms. The highest BCUT2D eigenvalue weighted by atomic mass is 32.3. The van der Waals surface area contributed by atoms with E-state index in [9.17, 15) is 18.9 Å². The number of fused-ring (bicyclic) bond motifs is 1. The summed E-state index contributed by atoms with van der Waals surface area (Å²) in [5.74, 6) is -1.17. The van der Waals surface area contributed by atoms with Gasteiger partial charge < -0.3 is 15.2 Å². The Kier molecular flexibility index (Phi) is 6.05. The summed E-state index contributed by atoms with van der Waals surface area (Å²) in [6.45, 7) is 5.25. The number of nitrogens with one attached hydrogen (secondary N) is 3. The third-order valence-electron chi connectivity index (χ3n) is 6.47. The van der Waals surface area contributed by atoms with Crippen molar-refractivity contribution in [1.29, 1.82) is 0 Å². The summed E-state index contributed by atoms with van der Waals surface area (Å²) in [5.41, 5.74) is -1.65. The number of pyridine rings is 1. The van der Waals surface area contributed by atoms with E-state index >= 15 is 4.39 Å². The van der Waals surface area contributed by atoms with Crippen LogP contribution in [0, 0.1) is 5.82 Å². The quantitative estimate of drug-likeness (QED) is 0.385. The molecule has 35 heavy (non-hydrogen) atoms. The number of halogens is 1. The summed E-state index contributed by atoms with van der Waals surface area (Å²) in [4.78, 5) is 40.9. The number of nitrogens with zero attached hydrogens (tertiary/aromatic N) is 4. The van der Waals surface area contributed by atoms with Crippen molar-refractivity contribution in [3.05, 3.63) is 41.7 Å². The zero-order chi connectivity index (χ0) is 25.6. The van der Waals surface area contributed by atoms with E-state index in [1.165, 1.54) is 25.6 Å². The fourth-order valence-electron chi connectivity index (χ4n) is 4.56. The van der Waals surface area contributed by atoms with Crippen molar-refractivity contribution in [2.45, 2.75) is 42.7 Å². The lowest BCUT2D eigenvalue weighted by Gasteiger charge is -2.50. The van der Waals surface area contributed by atoms with Gasteiger partial charge in [0.25, 0.3) is 5.91 Å². The maximum Gasteiger partial charge on any atom is 0.410 e. The first-order valence-electron chi connectivity index (χ1n) is 10.7. The topological polar surface area (TPSA) is 168 Å². The van der Waals surface area contributed by atoms with Crippen molar-refractivity contribution in [2.24, 2.45) is 4.99 Å². The van der Waals surface area contributed by atoms with Crippen LogP contribution in [0.3, 0.4) is 0 Å². The van der Waals surface area contributed by atoms with Gasteiger partial charge in [-0.25, -0.2) is 24.1 Å². The zero-order valence-corrected chi connectivity index (χ0v) is 20.4. The molecule has 4 rings (SSSR count). The Balaban J connectivity index is 1.76. The number of carbonyl (C=O) groups is 2. The lowest BCUT2D eigenvalue weighted by atomic mass is 9.89. The maximum atomic E-state index is 15.2. The highest BCUT2D eigenvalue weighted by Crippen LogP contribution is 2.48. The number of anilines is 1. The summed E-state index contributed by atoms with van der Waals surface area (Å²) in [7, 11) is -1.91. The molecule has 0 unspecified atom stereocenters. The lowest BCUT2D eigenvalue weighted by molar-refractivity contribution is 0.102. The van der Waals surface area contributed by atoms with Crippen LogP contribution in [0.2, 0.25) is 0 Å². The number of aliphatic imine (C=N–C) groups is 1. The number of rotatable bonds is 4. The van der Waals surface area contributed by atoms with Gasteiger partial charge in [-0.05, 0) is 49.4 Å². The van der Waals surface area contributed by atoms with E-state index in [4.69, 9.17) is 4.74 Å². The maximum absolute atomic E-state index is 15.2. The molecule has 188 valence electrons. The summed E-state index contributed by atoms with van der Waals surface area (Å²) in [5, 5.41) is 13.5. The smallest absolute Gasteiger partial charge is 0.410 e. The van der Waals surface area contributed by atoms with Crippen LogP contribution in [-0.2, 0) is 15.7 Å². The highest BCUT2D eigenvalue weighted by Gasteiger charge is 2.59. The number of amides is 2. The molecule has 2 aromatic heterocycles. The van der Waals surface area contributed by atoms with Crippen LogP contribution in [0.15, 0.2) is 29.5 Å². The number of thiol groups is 1. The Labute approximate surface area is 201 Å². The third-order valence-corrected chi connectivity index (χ3v) is 10.7. The SMILES string of the molecule is COc1cnc(C(=O)Nc2ccc(F)c([C@@]3(C)N=C(NC(=O)O)C(C)(C)[SH]4(=O)NCC[C@@H]34)n2)cn1. The van der Waals surface area contributed by atoms with Crippen LogP contribution in [-0.4, -0.2) is 65.8 Å². The normalized spacial score (nSPS) is 25.1. The molecule has 1 saturated heterocycles. The summed E-state index contributed by atoms with van der Waals surface area (Å²) >= 11 is 0. The fraction of sp³-hybridized carbons (Fsp3) is 0.429. The van der Waals surface area contributed by atoms with Gasteiger partial charge in [-0.2, -0.15) is 0 Å². The van der Waals surface area contributed by atoms with Crippen LogP contribution < -0.4 is 20.1 Å². The van der Waals surface area contributed by atoms with E-state index < -0.39 is 43.5 Å². The molecule has 14 heteroatoms. The molecule has 0 aliphatic carbocycles. The third kappa shape index (κ3) is 4.01. The average Bonchev–Trinajstić information content (AvgIpc) is 3.23. The minimum absolute atomic E-state index is 0.0128. The first-order chi connectivity index (χ1) is 16.4. The molecule has 1 fully saturated rings. The molecule has 12 nitrogen and oxygen atoms in total. The van der Waals surface area contributed by atoms with Gasteiger partial charge in [0.15, 0.2) is 0 Å². The Morgan fingerprint density at radius 2 is 1.97 bits per heavy atom. The molecule has 4 heterocycles. The Hall–Kier alpha value is -3.52. The predicted octanol–water partition coefficient (Wildman–Crippen LogP) is 1.24. The van der Waals surface area contributed by atoms with Crippen molar-refractivity contribution < 1.29 is 28.0 Å². The lowest BCUT2D eigenvalue weighted by Crippen LogP contribution is -2.66. The number of carbonyl (C=O) groups excluding carboxylic acids is 1. The van der Waals surface area contributed by atoms with Gasteiger partial charge in [-0.1, -0.05) is 0 Å². The van der Waals surface area contributed by atoms with E-state index in [-0.39, 0.29) is 28.9 Å². The molecule has 2 aromatic rings. The number of aromatic nitrogens is 3. The van der Waals surface area contributed by atoms with Crippen molar-refractivity contribution in [2.75, 3.05) is 19.0 Å². The number of carboxylic acid groups (broad SMARTS) is 1. The van der Waals surface area contributed by atoms with Crippen LogP contribution in [0.1, 0.15) is 43.4 Å². The second-order valence-corrected chi connectivity index (χ2v) is 12.3. The van der Waals surface area contributed by atoms with E-state index in [0.717, 1.165) is 6.07 Å². The summed E-state index contributed by atoms with van der Waals surface area (Å²) in [6, 6.07) is 2.40. The van der Waals surface area contributed by atoms with Gasteiger partial charge in [-0.15, -0.1) is 0 Å². The van der Waals surface area contributed by atoms with Crippen LogP contribution >= 0.6 is 0 Å². The van der Waals surface area contributed by atoms with Crippen LogP contribution in [0.4, 0.5) is 15.0 Å². The molecule has 0 saturated carbocycles. The zero-order valence-electron chi connectivity index (χ0n) is 19.5. The van der Waals surface area contributed by atoms with Crippen molar-refractivity contribution in [3.8, 4) is 5.88 Å². The number of hydrogen-bond donors (Lipinski definition) is 5. The Morgan fingerprint density at radius 3 is 2.60 bits per heavy atom. The van der Waals surface area contributed by atoms with Gasteiger partial charge in [-0.3, -0.25) is 24.0 Å². The van der Waals surface area contributed by atoms with Gasteiger partial charge in [0, 0.05) is 6.54 Å². The van der Waals surface area contributed by atoms with Gasteiger partial charge in [0.05, 0.1) is 29.5 Å². The Morgan fingerprint density at radius 1 is 1.23 bits per heavy atom. The molecule has 2 atom stereocenters. The summed E-state index contributed by atoms with van der Waals surface area (Å²) < 4.78 is 36.2. The number of ether oxygens (including phenoxy) is 1. The van der Waals surface area contributed by atoms with Gasteiger partial charge in [0.1, 0.15) is 34.4 Å². The number of amidine groups is 1. The molecule has 2 aliphatic rings. The average molecular weight is 508 g/mol. The van der Waals surface area contributed by atoms with Gasteiger partial charge in [0.2, 0.25) is 5.88 Å². The monoisotopic (exact) mass is 507 g/mol. The first-order valence-corrected chi connectivity index (χ1v) is 12.5. The van der Waals surface area contributed by atoms with Gasteiger partial charge >= 0.3 is 6.09 Å². The van der Waals surface area contributed by atoms with Crippen LogP contribution in [0.25, 0.3) is 0 Å². The van der Waals surface area contributed by atoms with E-state index in [1.54, 1.807) is 20.8 Å². The van der Waals surface area contributed by atoms with Crippen molar-refractivity contribution >= 4 is 33.8 Å². The van der Waals surface area contributed by atoms with Crippen molar-refractivity contribution in [1.82, 2.24) is 25.0 Å². The van der Waals surface area contributed by atoms with E-state index in [2.05, 4.69) is 35.3 Å². The molecule has 0 bridgehead atoms. The largest absolute Gasteiger partial charge is 0.480 e. The molecule has 2 amide bonds. The Bertz CT molecular complexity index is 1270. The molecule has 4 N–H and O–H groups in total. The fourth-order valence-corrected chi connectivity index (χ4v) is 8.22. The molecular weight excluding hydrogens is 481 g/mol. The van der Waals surface area contributed by atoms with E-state index in [1.807, 2.05) is 0 Å². The molecule has 0 aromatic carbocycles. The predicted molar refractivity (Wildman–Crippen MR) is 127 cm³/mol. The second-order valence-electron chi connectivity index (χ2n) is 8.89. The summed E-state index contributed by atoms with van der Waals surface area (Å²) in [6.07, 6.45) is 1.54. The number of methoxy groups -OCH3 is 1. The molecule has 2 aliphatic heterocycles.